The summed E-state index contributed by atoms with van der Waals surface area (Å²) >= 11 is 0. The molecule has 3 rings (SSSR count). The van der Waals surface area contributed by atoms with Crippen molar-refractivity contribution in [3.63, 3.8) is 0 Å². The third-order valence-corrected chi connectivity index (χ3v) is 5.43. The summed E-state index contributed by atoms with van der Waals surface area (Å²) in [5, 5.41) is 9.03. The molecule has 1 fully saturated rings. The smallest absolute Gasteiger partial charge is 0.417 e. The van der Waals surface area contributed by atoms with Crippen LogP contribution in [0.1, 0.15) is 42.7 Å². The van der Waals surface area contributed by atoms with Crippen LogP contribution in [-0.4, -0.2) is 48.1 Å². The molecule has 10 heteroatoms. The Morgan fingerprint density at radius 2 is 1.94 bits per heavy atom. The molecular weight excluding hydrogens is 431 g/mol. The first-order chi connectivity index (χ1) is 15.2. The van der Waals surface area contributed by atoms with E-state index < -0.39 is 23.8 Å². The number of alkyl halides is 3. The molecule has 0 amide bonds. The highest BCUT2D eigenvalue weighted by atomic mass is 19.4. The average molecular weight is 457 g/mol. The third-order valence-electron chi connectivity index (χ3n) is 5.43. The quantitative estimate of drug-likeness (QED) is 0.588. The molecule has 0 bridgehead atoms. The Kier molecular flexibility index (Phi) is 7.91. The van der Waals surface area contributed by atoms with E-state index >= 15 is 0 Å². The molecule has 0 aliphatic heterocycles. The number of carbonyl (C=O) groups is 1. The molecule has 1 heterocycles. The summed E-state index contributed by atoms with van der Waals surface area (Å²) in [6.45, 7) is 1.68. The fourth-order valence-corrected chi connectivity index (χ4v) is 3.66. The van der Waals surface area contributed by atoms with Gasteiger partial charge in [0.1, 0.15) is 11.5 Å². The van der Waals surface area contributed by atoms with Crippen LogP contribution < -0.4 is 0 Å². The van der Waals surface area contributed by atoms with Crippen LogP contribution in [0.15, 0.2) is 28.7 Å². The lowest BCUT2D eigenvalue weighted by Crippen LogP contribution is -2.34. The second-order valence-electron chi connectivity index (χ2n) is 7.68. The molecule has 1 aromatic carbocycles. The van der Waals surface area contributed by atoms with Gasteiger partial charge in [0.15, 0.2) is 6.10 Å². The van der Waals surface area contributed by atoms with E-state index in [4.69, 9.17) is 23.7 Å². The molecule has 1 N–H and O–H groups in total. The van der Waals surface area contributed by atoms with Crippen molar-refractivity contribution in [2.24, 2.45) is 0 Å². The van der Waals surface area contributed by atoms with Gasteiger partial charge in [-0.15, -0.1) is 0 Å². The van der Waals surface area contributed by atoms with Gasteiger partial charge in [0.2, 0.25) is 5.89 Å². The summed E-state index contributed by atoms with van der Waals surface area (Å²) in [7, 11) is 1.32. The van der Waals surface area contributed by atoms with Crippen molar-refractivity contribution in [2.75, 3.05) is 13.7 Å². The van der Waals surface area contributed by atoms with Crippen LogP contribution in [-0.2, 0) is 31.8 Å². The van der Waals surface area contributed by atoms with Gasteiger partial charge in [-0.1, -0.05) is 12.1 Å². The van der Waals surface area contributed by atoms with Crippen LogP contribution in [0.4, 0.5) is 13.2 Å². The fraction of sp³-hybridized carbons (Fsp3) is 0.545. The summed E-state index contributed by atoms with van der Waals surface area (Å²) in [5.74, 6) is -0.788. The number of ether oxygens (including phenoxy) is 3. The summed E-state index contributed by atoms with van der Waals surface area (Å²) in [4.78, 5) is 15.3. The first-order valence-corrected chi connectivity index (χ1v) is 10.3. The molecule has 3 atom stereocenters. The zero-order valence-corrected chi connectivity index (χ0v) is 17.9. The minimum Gasteiger partial charge on any atom is -0.479 e. The van der Waals surface area contributed by atoms with Gasteiger partial charge < -0.3 is 23.7 Å². The van der Waals surface area contributed by atoms with Crippen molar-refractivity contribution in [3.05, 3.63) is 41.3 Å². The van der Waals surface area contributed by atoms with Crippen LogP contribution in [0.5, 0.6) is 0 Å². The average Bonchev–Trinajstić information content (AvgIpc) is 3.12. The number of halogens is 3. The third kappa shape index (κ3) is 6.08. The van der Waals surface area contributed by atoms with Gasteiger partial charge in [-0.3, -0.25) is 0 Å². The number of oxazole rings is 1. The van der Waals surface area contributed by atoms with Gasteiger partial charge in [-0.05, 0) is 44.7 Å². The Morgan fingerprint density at radius 1 is 1.25 bits per heavy atom. The lowest BCUT2D eigenvalue weighted by molar-refractivity contribution is -0.155. The number of nitrogens with zero attached hydrogens (tertiary/aromatic N) is 1. The van der Waals surface area contributed by atoms with E-state index in [1.807, 2.05) is 0 Å². The summed E-state index contributed by atoms with van der Waals surface area (Å²) in [6.07, 6.45) is -2.81. The maximum absolute atomic E-state index is 13.3. The lowest BCUT2D eigenvalue weighted by Gasteiger charge is -2.29. The van der Waals surface area contributed by atoms with Gasteiger partial charge in [-0.2, -0.15) is 13.2 Å². The molecule has 2 aromatic rings. The van der Waals surface area contributed by atoms with E-state index in [1.165, 1.54) is 25.3 Å². The molecule has 7 nitrogen and oxygen atoms in total. The van der Waals surface area contributed by atoms with Crippen LogP contribution in [0, 0.1) is 6.92 Å². The molecular formula is C22H26F3NO6. The number of carboxylic acid groups (broad SMARTS) is 1. The summed E-state index contributed by atoms with van der Waals surface area (Å²) in [6, 6.07) is 5.14. The first kappa shape index (κ1) is 24.2. The Morgan fingerprint density at radius 3 is 2.59 bits per heavy atom. The SMILES string of the molecule is COC(COC1CCCC(OCc2nc(-c3ccccc3C(F)(F)F)oc2C)C1)C(=O)O. The van der Waals surface area contributed by atoms with E-state index in [9.17, 15) is 18.0 Å². The van der Waals surface area contributed by atoms with Crippen molar-refractivity contribution in [2.45, 2.75) is 63.7 Å². The van der Waals surface area contributed by atoms with Crippen molar-refractivity contribution in [1.29, 1.82) is 0 Å². The van der Waals surface area contributed by atoms with E-state index in [2.05, 4.69) is 4.98 Å². The number of rotatable bonds is 9. The molecule has 3 unspecified atom stereocenters. The number of methoxy groups -OCH3 is 1. The predicted molar refractivity (Wildman–Crippen MR) is 107 cm³/mol. The lowest BCUT2D eigenvalue weighted by atomic mass is 9.95. The molecule has 0 saturated heterocycles. The number of benzene rings is 1. The number of aromatic nitrogens is 1. The van der Waals surface area contributed by atoms with Gasteiger partial charge in [0.25, 0.3) is 0 Å². The first-order valence-electron chi connectivity index (χ1n) is 10.3. The standard InChI is InChI=1S/C22H26F3NO6/c1-13-18(26-20(32-13)16-8-3-4-9-17(16)22(23,24)25)11-30-14-6-5-7-15(10-14)31-12-19(29-2)21(27)28/h3-4,8-9,14-15,19H,5-7,10-12H2,1-2H3,(H,27,28). The van der Waals surface area contributed by atoms with Gasteiger partial charge in [-0.25, -0.2) is 9.78 Å². The van der Waals surface area contributed by atoms with Crippen molar-refractivity contribution >= 4 is 5.97 Å². The van der Waals surface area contributed by atoms with Gasteiger partial charge in [0, 0.05) is 12.7 Å². The fourth-order valence-electron chi connectivity index (χ4n) is 3.66. The van der Waals surface area contributed by atoms with Gasteiger partial charge in [0.05, 0.1) is 31.0 Å². The van der Waals surface area contributed by atoms with E-state index in [1.54, 1.807) is 6.92 Å². The normalized spacial score (nSPS) is 20.3. The van der Waals surface area contributed by atoms with Gasteiger partial charge >= 0.3 is 12.1 Å². The monoisotopic (exact) mass is 457 g/mol. The molecule has 176 valence electrons. The molecule has 32 heavy (non-hydrogen) atoms. The topological polar surface area (TPSA) is 91.0 Å². The Balaban J connectivity index is 1.60. The van der Waals surface area contributed by atoms with E-state index in [0.29, 0.717) is 17.9 Å². The van der Waals surface area contributed by atoms with Crippen LogP contribution in [0.2, 0.25) is 0 Å². The Labute approximate surface area is 183 Å². The zero-order chi connectivity index (χ0) is 23.3. The van der Waals surface area contributed by atoms with Crippen LogP contribution in [0.25, 0.3) is 11.5 Å². The minimum absolute atomic E-state index is 0.0480. The highest BCUT2D eigenvalue weighted by Crippen LogP contribution is 2.37. The van der Waals surface area contributed by atoms with Crippen molar-refractivity contribution in [3.8, 4) is 11.5 Å². The van der Waals surface area contributed by atoms with Crippen molar-refractivity contribution < 1.29 is 41.7 Å². The highest BCUT2D eigenvalue weighted by molar-refractivity contribution is 5.72. The molecule has 1 saturated carbocycles. The minimum atomic E-state index is -4.52. The highest BCUT2D eigenvalue weighted by Gasteiger charge is 2.35. The van der Waals surface area contributed by atoms with Crippen molar-refractivity contribution in [1.82, 2.24) is 4.98 Å². The maximum Gasteiger partial charge on any atom is 0.417 e. The van der Waals surface area contributed by atoms with E-state index in [-0.39, 0.29) is 36.9 Å². The number of hydrogen-bond donors (Lipinski definition) is 1. The Bertz CT molecular complexity index is 913. The zero-order valence-electron chi connectivity index (χ0n) is 17.9. The maximum atomic E-state index is 13.3. The number of aryl methyl sites for hydroxylation is 1. The van der Waals surface area contributed by atoms with Crippen LogP contribution in [0.3, 0.4) is 0 Å². The molecule has 1 aliphatic carbocycles. The molecule has 0 radical (unpaired) electrons. The second kappa shape index (κ2) is 10.5. The number of carboxylic acids is 1. The molecule has 0 spiro atoms. The Hall–Kier alpha value is -2.43. The van der Waals surface area contributed by atoms with E-state index in [0.717, 1.165) is 25.3 Å². The predicted octanol–water partition coefficient (Wildman–Crippen LogP) is 4.61. The summed E-state index contributed by atoms with van der Waals surface area (Å²) in [5.41, 5.74) is -0.492. The number of hydrogen-bond acceptors (Lipinski definition) is 6. The largest absolute Gasteiger partial charge is 0.479 e. The van der Waals surface area contributed by atoms with Crippen LogP contribution >= 0.6 is 0 Å². The number of aliphatic carboxylic acids is 1. The molecule has 1 aromatic heterocycles. The second-order valence-corrected chi connectivity index (χ2v) is 7.68. The molecule has 1 aliphatic rings. The summed E-state index contributed by atoms with van der Waals surface area (Å²) < 4.78 is 61.9.